The molecule has 1 aromatic carbocycles. The molecule has 0 saturated carbocycles. The minimum atomic E-state index is -3.63. The molecule has 3 N–H and O–H groups in total. The van der Waals surface area contributed by atoms with Crippen molar-refractivity contribution < 1.29 is 13.2 Å². The molecule has 0 atom stereocenters. The van der Waals surface area contributed by atoms with Gasteiger partial charge in [-0.05, 0) is 25.1 Å². The van der Waals surface area contributed by atoms with Gasteiger partial charge in [0.15, 0.2) is 0 Å². The van der Waals surface area contributed by atoms with Crippen LogP contribution < -0.4 is 11.3 Å². The van der Waals surface area contributed by atoms with Gasteiger partial charge in [0.05, 0.1) is 17.2 Å². The molecule has 1 heterocycles. The third-order valence-electron chi connectivity index (χ3n) is 3.20. The number of amides is 1. The van der Waals surface area contributed by atoms with E-state index in [1.54, 1.807) is 31.2 Å². The van der Waals surface area contributed by atoms with Gasteiger partial charge in [-0.15, -0.1) is 0 Å². The van der Waals surface area contributed by atoms with E-state index in [4.69, 9.17) is 5.84 Å². The van der Waals surface area contributed by atoms with Gasteiger partial charge in [0.1, 0.15) is 10.9 Å². The van der Waals surface area contributed by atoms with Crippen LogP contribution in [-0.2, 0) is 21.4 Å². The molecule has 0 radical (unpaired) electrons. The molecule has 0 saturated heterocycles. The normalized spacial score (nSPS) is 11.5. The van der Waals surface area contributed by atoms with E-state index in [0.717, 1.165) is 0 Å². The minimum Gasteiger partial charge on any atom is -0.294 e. The van der Waals surface area contributed by atoms with Crippen LogP contribution in [0.15, 0.2) is 46.3 Å². The number of nitrogens with two attached hydrogens (primary N) is 1. The molecule has 134 valence electrons. The van der Waals surface area contributed by atoms with Crippen LogP contribution in [0.5, 0.6) is 0 Å². The van der Waals surface area contributed by atoms with Crippen LogP contribution >= 0.6 is 11.8 Å². The maximum absolute atomic E-state index is 12.6. The Morgan fingerprint density at radius 2 is 1.96 bits per heavy atom. The summed E-state index contributed by atoms with van der Waals surface area (Å²) in [5.74, 6) is 5.19. The molecule has 0 aliphatic rings. The predicted molar refractivity (Wildman–Crippen MR) is 94.9 cm³/mol. The van der Waals surface area contributed by atoms with Crippen molar-refractivity contribution in [1.82, 2.24) is 19.7 Å². The van der Waals surface area contributed by atoms with Gasteiger partial charge in [-0.3, -0.25) is 10.2 Å². The summed E-state index contributed by atoms with van der Waals surface area (Å²) in [5, 5.41) is 0.580. The van der Waals surface area contributed by atoms with E-state index in [1.165, 1.54) is 35.2 Å². The van der Waals surface area contributed by atoms with Crippen LogP contribution in [0, 0.1) is 6.92 Å². The number of sulfonamides is 1. The Balaban J connectivity index is 2.16. The van der Waals surface area contributed by atoms with Crippen molar-refractivity contribution in [2.45, 2.75) is 23.4 Å². The summed E-state index contributed by atoms with van der Waals surface area (Å²) >= 11 is 1.20. The summed E-state index contributed by atoms with van der Waals surface area (Å²) in [5.41, 5.74) is 2.73. The number of hydrazine groups is 1. The third-order valence-corrected chi connectivity index (χ3v) is 5.93. The number of carbonyl (C=O) groups is 1. The molecule has 2 aromatic rings. The average molecular weight is 381 g/mol. The van der Waals surface area contributed by atoms with Crippen LogP contribution in [0.3, 0.4) is 0 Å². The van der Waals surface area contributed by atoms with E-state index in [1.807, 2.05) is 5.43 Å². The second kappa shape index (κ2) is 8.39. The van der Waals surface area contributed by atoms with Crippen LogP contribution in [0.25, 0.3) is 0 Å². The topological polar surface area (TPSA) is 118 Å². The summed E-state index contributed by atoms with van der Waals surface area (Å²) < 4.78 is 26.3. The molecule has 0 spiro atoms. The summed E-state index contributed by atoms with van der Waals surface area (Å²) in [7, 11) is -2.15. The van der Waals surface area contributed by atoms with Gasteiger partial charge in [-0.2, -0.15) is 4.31 Å². The van der Waals surface area contributed by atoms with E-state index < -0.39 is 10.0 Å². The number of rotatable bonds is 7. The van der Waals surface area contributed by atoms with Crippen molar-refractivity contribution in [1.29, 1.82) is 0 Å². The summed E-state index contributed by atoms with van der Waals surface area (Å²) in [4.78, 5) is 20.0. The highest BCUT2D eigenvalue weighted by atomic mass is 32.2. The fourth-order valence-electron chi connectivity index (χ4n) is 1.98. The van der Waals surface area contributed by atoms with Crippen LogP contribution in [0.4, 0.5) is 0 Å². The lowest BCUT2D eigenvalue weighted by molar-refractivity contribution is -0.118. The van der Waals surface area contributed by atoms with Crippen molar-refractivity contribution in [3.63, 3.8) is 0 Å². The van der Waals surface area contributed by atoms with Crippen LogP contribution in [0.2, 0.25) is 0 Å². The Morgan fingerprint density at radius 3 is 2.60 bits per heavy atom. The molecule has 10 heteroatoms. The van der Waals surface area contributed by atoms with Crippen molar-refractivity contribution in [2.75, 3.05) is 12.8 Å². The minimum absolute atomic E-state index is 0.0234. The molecule has 8 nitrogen and oxygen atoms in total. The first-order valence-electron chi connectivity index (χ1n) is 7.31. The molecule has 0 fully saturated rings. The molecule has 2 rings (SSSR count). The van der Waals surface area contributed by atoms with Gasteiger partial charge in [-0.1, -0.05) is 30.0 Å². The largest absolute Gasteiger partial charge is 0.294 e. The lowest BCUT2D eigenvalue weighted by Crippen LogP contribution is -2.31. The number of benzene rings is 1. The molecule has 1 aromatic heterocycles. The average Bonchev–Trinajstić information content (AvgIpc) is 2.59. The quantitative estimate of drug-likeness (QED) is 0.238. The second-order valence-corrected chi connectivity index (χ2v) is 8.23. The van der Waals surface area contributed by atoms with Gasteiger partial charge in [0, 0.05) is 12.7 Å². The zero-order chi connectivity index (χ0) is 18.4. The SMILES string of the molecule is Cc1cc(SCC(=O)NN)nc(CN(C)S(=O)(=O)c2ccccc2)n1. The Labute approximate surface area is 150 Å². The number of thioether (sulfide) groups is 1. The van der Waals surface area contributed by atoms with E-state index >= 15 is 0 Å². The maximum atomic E-state index is 12.6. The number of hydrogen-bond donors (Lipinski definition) is 2. The smallest absolute Gasteiger partial charge is 0.244 e. The van der Waals surface area contributed by atoms with Crippen LogP contribution in [0.1, 0.15) is 11.5 Å². The standard InChI is InChI=1S/C15H19N5O3S2/c1-11-8-15(24-10-14(21)19-16)18-13(17-11)9-20(2)25(22,23)12-6-4-3-5-7-12/h3-8H,9-10,16H2,1-2H3,(H,19,21). The fourth-order valence-corrected chi connectivity index (χ4v) is 3.91. The zero-order valence-electron chi connectivity index (χ0n) is 13.8. The first kappa shape index (κ1) is 19.3. The number of aromatic nitrogens is 2. The van der Waals surface area contributed by atoms with Gasteiger partial charge in [0.25, 0.3) is 0 Å². The van der Waals surface area contributed by atoms with Crippen molar-refractivity contribution in [3.05, 3.63) is 47.9 Å². The summed E-state index contributed by atoms with van der Waals surface area (Å²) in [6, 6.07) is 9.89. The number of nitrogens with zero attached hydrogens (tertiary/aromatic N) is 3. The molecular weight excluding hydrogens is 362 g/mol. The molecular formula is C15H19N5O3S2. The van der Waals surface area contributed by atoms with Gasteiger partial charge < -0.3 is 0 Å². The van der Waals surface area contributed by atoms with Crippen molar-refractivity contribution in [3.8, 4) is 0 Å². The predicted octanol–water partition coefficient (Wildman–Crippen LogP) is 0.688. The number of aryl methyl sites for hydroxylation is 1. The molecule has 0 aliphatic heterocycles. The van der Waals surface area contributed by atoms with E-state index in [9.17, 15) is 13.2 Å². The van der Waals surface area contributed by atoms with E-state index in [-0.39, 0.29) is 23.1 Å². The third kappa shape index (κ3) is 5.23. The highest BCUT2D eigenvalue weighted by molar-refractivity contribution is 7.99. The molecule has 0 aliphatic carbocycles. The first-order chi connectivity index (χ1) is 11.8. The van der Waals surface area contributed by atoms with E-state index in [0.29, 0.717) is 16.5 Å². The van der Waals surface area contributed by atoms with Crippen molar-refractivity contribution in [2.24, 2.45) is 5.84 Å². The number of hydrogen-bond acceptors (Lipinski definition) is 7. The Kier molecular flexibility index (Phi) is 6.48. The zero-order valence-corrected chi connectivity index (χ0v) is 15.5. The Morgan fingerprint density at radius 1 is 1.28 bits per heavy atom. The van der Waals surface area contributed by atoms with Gasteiger partial charge >= 0.3 is 0 Å². The van der Waals surface area contributed by atoms with Crippen LogP contribution in [-0.4, -0.2) is 41.4 Å². The Hall–Kier alpha value is -2.01. The van der Waals surface area contributed by atoms with Gasteiger partial charge in [0.2, 0.25) is 15.9 Å². The number of nitrogens with one attached hydrogen (secondary N) is 1. The molecule has 0 unspecified atom stereocenters. The highest BCUT2D eigenvalue weighted by Crippen LogP contribution is 2.19. The summed E-state index contributed by atoms with van der Waals surface area (Å²) in [6.07, 6.45) is 0. The lowest BCUT2D eigenvalue weighted by atomic mass is 10.4. The summed E-state index contributed by atoms with van der Waals surface area (Å²) in [6.45, 7) is 1.81. The number of carbonyl (C=O) groups excluding carboxylic acids is 1. The monoisotopic (exact) mass is 381 g/mol. The molecule has 0 bridgehead atoms. The van der Waals surface area contributed by atoms with Crippen molar-refractivity contribution >= 4 is 27.7 Å². The van der Waals surface area contributed by atoms with E-state index in [2.05, 4.69) is 9.97 Å². The van der Waals surface area contributed by atoms with Gasteiger partial charge in [-0.25, -0.2) is 24.2 Å². The second-order valence-electron chi connectivity index (χ2n) is 5.19. The fraction of sp³-hybridized carbons (Fsp3) is 0.267. The maximum Gasteiger partial charge on any atom is 0.244 e. The highest BCUT2D eigenvalue weighted by Gasteiger charge is 2.21. The molecule has 1 amide bonds. The molecule has 25 heavy (non-hydrogen) atoms. The first-order valence-corrected chi connectivity index (χ1v) is 9.73. The Bertz CT molecular complexity index is 844. The lowest BCUT2D eigenvalue weighted by Gasteiger charge is -2.17.